The SMILES string of the molecule is CC(C)c1ccc(Nc2c(C#N)cnc3cnc(F)cc23)cc1.CC(C)c1ccc(Nc2c(C#N)cnc3cnc(NCCN4CCOCC4)cc23)cc1. The van der Waals surface area contributed by atoms with Crippen molar-refractivity contribution in [1.29, 1.82) is 10.5 Å². The number of hydrogen-bond acceptors (Lipinski definition) is 11. The minimum atomic E-state index is -0.604. The molecule has 1 aliphatic rings. The molecule has 7 rings (SSSR count). The fourth-order valence-electron chi connectivity index (χ4n) is 6.06. The fourth-order valence-corrected chi connectivity index (χ4v) is 6.06. The molecule has 6 aromatic rings. The Morgan fingerprint density at radius 2 is 1.20 bits per heavy atom. The van der Waals surface area contributed by atoms with Crippen molar-refractivity contribution in [1.82, 2.24) is 24.8 Å². The first-order chi connectivity index (χ1) is 26.2. The van der Waals surface area contributed by atoms with E-state index in [-0.39, 0.29) is 0 Å². The minimum Gasteiger partial charge on any atom is -0.379 e. The Bertz CT molecular complexity index is 2290. The molecule has 0 atom stereocenters. The van der Waals surface area contributed by atoms with E-state index in [0.29, 0.717) is 39.6 Å². The van der Waals surface area contributed by atoms with Gasteiger partial charge in [-0.1, -0.05) is 52.0 Å². The molecule has 0 radical (unpaired) electrons. The average molecular weight is 723 g/mol. The summed E-state index contributed by atoms with van der Waals surface area (Å²) in [7, 11) is 0. The van der Waals surface area contributed by atoms with E-state index in [1.807, 2.05) is 42.5 Å². The third kappa shape index (κ3) is 9.22. The number of rotatable bonds is 10. The monoisotopic (exact) mass is 722 g/mol. The smallest absolute Gasteiger partial charge is 0.213 e. The third-order valence-corrected chi connectivity index (χ3v) is 9.25. The zero-order valence-corrected chi connectivity index (χ0v) is 30.9. The number of nitrogens with one attached hydrogen (secondary N) is 3. The van der Waals surface area contributed by atoms with E-state index in [2.05, 4.69) is 92.8 Å². The average Bonchev–Trinajstić information content (AvgIpc) is 3.19. The van der Waals surface area contributed by atoms with Crippen LogP contribution in [0.3, 0.4) is 0 Å². The number of pyridine rings is 4. The number of fused-ring (bicyclic) bond motifs is 2. The van der Waals surface area contributed by atoms with Gasteiger partial charge >= 0.3 is 0 Å². The van der Waals surface area contributed by atoms with Crippen molar-refractivity contribution in [2.75, 3.05) is 55.3 Å². The molecule has 1 aliphatic heterocycles. The van der Waals surface area contributed by atoms with Gasteiger partial charge in [0.2, 0.25) is 5.95 Å². The van der Waals surface area contributed by atoms with Gasteiger partial charge in [0.25, 0.3) is 0 Å². The van der Waals surface area contributed by atoms with E-state index in [9.17, 15) is 14.9 Å². The Labute approximate surface area is 314 Å². The summed E-state index contributed by atoms with van der Waals surface area (Å²) in [6.45, 7) is 13.9. The van der Waals surface area contributed by atoms with Crippen LogP contribution in [-0.4, -0.2) is 64.2 Å². The Hall–Kier alpha value is -6.21. The molecule has 0 spiro atoms. The molecule has 0 amide bonds. The fraction of sp³-hybridized carbons (Fsp3) is 0.286. The summed E-state index contributed by atoms with van der Waals surface area (Å²) in [4.78, 5) is 19.0. The van der Waals surface area contributed by atoms with Gasteiger partial charge in [-0.3, -0.25) is 14.9 Å². The maximum atomic E-state index is 13.5. The van der Waals surface area contributed by atoms with Crippen molar-refractivity contribution in [3.63, 3.8) is 0 Å². The first kappa shape index (κ1) is 37.5. The zero-order chi connectivity index (χ0) is 38.0. The lowest BCUT2D eigenvalue weighted by Crippen LogP contribution is -2.39. The molecule has 274 valence electrons. The van der Waals surface area contributed by atoms with Crippen molar-refractivity contribution >= 4 is 50.4 Å². The largest absolute Gasteiger partial charge is 0.379 e. The van der Waals surface area contributed by atoms with Crippen molar-refractivity contribution in [2.24, 2.45) is 0 Å². The summed E-state index contributed by atoms with van der Waals surface area (Å²) >= 11 is 0. The number of halogens is 1. The molecule has 0 bridgehead atoms. The number of benzene rings is 2. The van der Waals surface area contributed by atoms with Gasteiger partial charge in [-0.05, 0) is 53.3 Å². The minimum absolute atomic E-state index is 0.357. The molecule has 54 heavy (non-hydrogen) atoms. The van der Waals surface area contributed by atoms with E-state index in [0.717, 1.165) is 73.2 Å². The molecule has 4 aromatic heterocycles. The van der Waals surface area contributed by atoms with Crippen LogP contribution in [0.1, 0.15) is 61.8 Å². The van der Waals surface area contributed by atoms with Crippen LogP contribution in [0.25, 0.3) is 21.8 Å². The van der Waals surface area contributed by atoms with Crippen LogP contribution in [0, 0.1) is 28.6 Å². The molecule has 5 heterocycles. The van der Waals surface area contributed by atoms with Gasteiger partial charge in [-0.15, -0.1) is 0 Å². The van der Waals surface area contributed by atoms with Crippen LogP contribution in [-0.2, 0) is 4.74 Å². The topological polar surface area (TPSA) is 148 Å². The normalized spacial score (nSPS) is 12.9. The highest BCUT2D eigenvalue weighted by Gasteiger charge is 2.14. The summed E-state index contributed by atoms with van der Waals surface area (Å²) in [5.74, 6) is 1.09. The molecule has 3 N–H and O–H groups in total. The molecule has 1 saturated heterocycles. The van der Waals surface area contributed by atoms with Crippen LogP contribution in [0.5, 0.6) is 0 Å². The van der Waals surface area contributed by atoms with Crippen LogP contribution in [0.2, 0.25) is 0 Å². The lowest BCUT2D eigenvalue weighted by molar-refractivity contribution is 0.0398. The maximum absolute atomic E-state index is 13.5. The number of aromatic nitrogens is 4. The number of nitriles is 2. The van der Waals surface area contributed by atoms with Gasteiger partial charge in [-0.2, -0.15) is 14.9 Å². The molecule has 1 fully saturated rings. The summed E-state index contributed by atoms with van der Waals surface area (Å²) in [5, 5.41) is 30.4. The summed E-state index contributed by atoms with van der Waals surface area (Å²) < 4.78 is 18.9. The van der Waals surface area contributed by atoms with Crippen LogP contribution in [0.4, 0.5) is 33.0 Å². The second kappa shape index (κ2) is 17.5. The molecule has 12 heteroatoms. The van der Waals surface area contributed by atoms with Crippen LogP contribution < -0.4 is 16.0 Å². The van der Waals surface area contributed by atoms with Gasteiger partial charge in [0.1, 0.15) is 18.0 Å². The number of nitrogens with zero attached hydrogens (tertiary/aromatic N) is 7. The predicted molar refractivity (Wildman–Crippen MR) is 212 cm³/mol. The van der Waals surface area contributed by atoms with Crippen LogP contribution in [0.15, 0.2) is 85.5 Å². The summed E-state index contributed by atoms with van der Waals surface area (Å²) in [5.41, 5.74) is 7.71. The van der Waals surface area contributed by atoms with Gasteiger partial charge in [0, 0.05) is 66.8 Å². The highest BCUT2D eigenvalue weighted by Crippen LogP contribution is 2.31. The molecular formula is C42H43FN10O. The quantitative estimate of drug-likeness (QED) is 0.117. The molecule has 0 aliphatic carbocycles. The summed E-state index contributed by atoms with van der Waals surface area (Å²) in [6, 6.07) is 23.9. The summed E-state index contributed by atoms with van der Waals surface area (Å²) in [6.07, 6.45) is 6.17. The van der Waals surface area contributed by atoms with E-state index < -0.39 is 5.95 Å². The molecule has 2 aromatic carbocycles. The molecular weight excluding hydrogens is 680 g/mol. The molecule has 11 nitrogen and oxygen atoms in total. The van der Waals surface area contributed by atoms with E-state index in [1.54, 1.807) is 12.4 Å². The second-order valence-electron chi connectivity index (χ2n) is 13.6. The van der Waals surface area contributed by atoms with Crippen molar-refractivity contribution in [3.05, 3.63) is 114 Å². The predicted octanol–water partition coefficient (Wildman–Crippen LogP) is 8.62. The van der Waals surface area contributed by atoms with Crippen molar-refractivity contribution in [2.45, 2.75) is 39.5 Å². The lowest BCUT2D eigenvalue weighted by atomic mass is 10.0. The third-order valence-electron chi connectivity index (χ3n) is 9.25. The Balaban J connectivity index is 0.000000193. The lowest BCUT2D eigenvalue weighted by Gasteiger charge is -2.26. The number of anilines is 5. The maximum Gasteiger partial charge on any atom is 0.213 e. The first-order valence-electron chi connectivity index (χ1n) is 18.0. The standard InChI is InChI=1S/C24H28N6O.C18H15FN4/c1-17(2)18-3-5-20(6-4-18)29-24-19(14-25)15-27-22-16-28-23(13-21(22)24)26-7-8-30-9-11-31-12-10-30;1-11(2)12-3-5-14(6-4-12)23-18-13(8-20)9-21-16-10-22-17(19)7-15(16)18/h3-6,13,15-17H,7-12H2,1-2H3,(H,26,28)(H,27,29);3-7,9-11H,1-2H3,(H,21,23). The first-order valence-corrected chi connectivity index (χ1v) is 18.0. The van der Waals surface area contributed by atoms with Gasteiger partial charge in [0.05, 0.1) is 59.1 Å². The van der Waals surface area contributed by atoms with Crippen molar-refractivity contribution in [3.8, 4) is 12.1 Å². The number of ether oxygens (including phenoxy) is 1. The highest BCUT2D eigenvalue weighted by atomic mass is 19.1. The van der Waals surface area contributed by atoms with Gasteiger partial charge in [0.15, 0.2) is 0 Å². The number of hydrogen-bond donors (Lipinski definition) is 3. The number of morpholine rings is 1. The van der Waals surface area contributed by atoms with E-state index in [1.165, 1.54) is 29.6 Å². The Morgan fingerprint density at radius 3 is 1.70 bits per heavy atom. The molecule has 0 saturated carbocycles. The Morgan fingerprint density at radius 1 is 0.704 bits per heavy atom. The van der Waals surface area contributed by atoms with Crippen molar-refractivity contribution < 1.29 is 9.13 Å². The molecule has 0 unspecified atom stereocenters. The van der Waals surface area contributed by atoms with Crippen LogP contribution >= 0.6 is 0 Å². The Kier molecular flexibility index (Phi) is 12.2. The van der Waals surface area contributed by atoms with E-state index in [4.69, 9.17) is 4.74 Å². The van der Waals surface area contributed by atoms with E-state index >= 15 is 0 Å². The highest BCUT2D eigenvalue weighted by molar-refractivity contribution is 5.97. The van der Waals surface area contributed by atoms with Gasteiger partial charge < -0.3 is 20.7 Å². The zero-order valence-electron chi connectivity index (χ0n) is 30.9. The van der Waals surface area contributed by atoms with Gasteiger partial charge in [-0.25, -0.2) is 9.97 Å². The second-order valence-corrected chi connectivity index (χ2v) is 13.6.